The second kappa shape index (κ2) is 5.94. The molecule has 2 N–H and O–H groups in total. The maximum absolute atomic E-state index is 12.3. The predicted molar refractivity (Wildman–Crippen MR) is 77.2 cm³/mol. The van der Waals surface area contributed by atoms with Crippen LogP contribution in [0.3, 0.4) is 0 Å². The third kappa shape index (κ3) is 3.10. The van der Waals surface area contributed by atoms with E-state index in [1.54, 1.807) is 24.0 Å². The molecule has 1 aromatic carbocycles. The summed E-state index contributed by atoms with van der Waals surface area (Å²) in [5.41, 5.74) is 1.28. The van der Waals surface area contributed by atoms with Crippen molar-refractivity contribution in [2.24, 2.45) is 0 Å². The van der Waals surface area contributed by atoms with Crippen molar-refractivity contribution in [3.05, 3.63) is 29.3 Å². The minimum absolute atomic E-state index is 0.130. The van der Waals surface area contributed by atoms with E-state index in [-0.39, 0.29) is 11.6 Å². The normalized spacial score (nSPS) is 13.9. The smallest absolute Gasteiger partial charge is 0.337 e. The number of amides is 2. The zero-order valence-corrected chi connectivity index (χ0v) is 11.8. The van der Waals surface area contributed by atoms with Crippen molar-refractivity contribution in [2.75, 3.05) is 11.9 Å². The quantitative estimate of drug-likeness (QED) is 0.868. The molecular weight excluding hydrogens is 256 g/mol. The lowest BCUT2D eigenvalue weighted by molar-refractivity contribution is 0.0698. The van der Waals surface area contributed by atoms with Crippen molar-refractivity contribution < 1.29 is 14.7 Å². The molecule has 0 saturated heterocycles. The van der Waals surface area contributed by atoms with E-state index in [1.165, 1.54) is 6.07 Å². The monoisotopic (exact) mass is 276 g/mol. The summed E-state index contributed by atoms with van der Waals surface area (Å²) >= 11 is 0. The lowest BCUT2D eigenvalue weighted by Gasteiger charge is -2.23. The van der Waals surface area contributed by atoms with Crippen LogP contribution in [0.25, 0.3) is 0 Å². The molecule has 1 aromatic rings. The summed E-state index contributed by atoms with van der Waals surface area (Å²) < 4.78 is 0. The first-order valence-electron chi connectivity index (χ1n) is 6.95. The zero-order chi connectivity index (χ0) is 14.7. The molecule has 0 atom stereocenters. The van der Waals surface area contributed by atoms with Crippen LogP contribution in [0, 0.1) is 6.92 Å². The van der Waals surface area contributed by atoms with Gasteiger partial charge >= 0.3 is 12.0 Å². The highest BCUT2D eigenvalue weighted by atomic mass is 16.4. The summed E-state index contributed by atoms with van der Waals surface area (Å²) in [4.78, 5) is 25.4. The Hall–Kier alpha value is -2.04. The molecule has 1 aliphatic carbocycles. The number of rotatable bonds is 5. The molecule has 0 radical (unpaired) electrons. The summed E-state index contributed by atoms with van der Waals surface area (Å²) in [5, 5.41) is 12.0. The van der Waals surface area contributed by atoms with Crippen LogP contribution in [0.5, 0.6) is 0 Å². The molecule has 0 aromatic heterocycles. The Balaban J connectivity index is 2.20. The second-order valence-electron chi connectivity index (χ2n) is 5.16. The summed E-state index contributed by atoms with van der Waals surface area (Å²) in [5.74, 6) is -1.03. The lowest BCUT2D eigenvalue weighted by atomic mass is 10.1. The van der Waals surface area contributed by atoms with Crippen molar-refractivity contribution >= 4 is 17.7 Å². The highest BCUT2D eigenvalue weighted by molar-refractivity contribution is 6.01. The van der Waals surface area contributed by atoms with Gasteiger partial charge < -0.3 is 15.3 Å². The molecule has 108 valence electrons. The number of nitrogens with zero attached hydrogens (tertiary/aromatic N) is 1. The molecule has 20 heavy (non-hydrogen) atoms. The van der Waals surface area contributed by atoms with Gasteiger partial charge in [0.2, 0.25) is 0 Å². The second-order valence-corrected chi connectivity index (χ2v) is 5.16. The first-order valence-corrected chi connectivity index (χ1v) is 6.95. The first kappa shape index (κ1) is 14.4. The van der Waals surface area contributed by atoms with Crippen LogP contribution in [0.1, 0.15) is 42.1 Å². The number of aryl methyl sites for hydroxylation is 1. The Kier molecular flexibility index (Phi) is 4.27. The van der Waals surface area contributed by atoms with Crippen molar-refractivity contribution in [1.82, 2.24) is 4.90 Å². The number of hydrogen-bond acceptors (Lipinski definition) is 2. The molecule has 0 spiro atoms. The van der Waals surface area contributed by atoms with Gasteiger partial charge in [-0.05, 0) is 37.8 Å². The van der Waals surface area contributed by atoms with Crippen molar-refractivity contribution in [2.45, 2.75) is 39.2 Å². The fourth-order valence-corrected chi connectivity index (χ4v) is 2.27. The van der Waals surface area contributed by atoms with Crippen LogP contribution in [0.2, 0.25) is 0 Å². The Morgan fingerprint density at radius 1 is 1.40 bits per heavy atom. The zero-order valence-electron chi connectivity index (χ0n) is 11.8. The van der Waals surface area contributed by atoms with E-state index in [1.807, 2.05) is 6.92 Å². The van der Waals surface area contributed by atoms with E-state index in [2.05, 4.69) is 5.32 Å². The molecule has 2 rings (SSSR count). The largest absolute Gasteiger partial charge is 0.478 e. The molecule has 0 bridgehead atoms. The first-order chi connectivity index (χ1) is 9.54. The number of nitrogens with one attached hydrogen (secondary N) is 1. The minimum atomic E-state index is -1.03. The average Bonchev–Trinajstić information content (AvgIpc) is 3.22. The van der Waals surface area contributed by atoms with Crippen molar-refractivity contribution in [3.8, 4) is 0 Å². The highest BCUT2D eigenvalue weighted by Gasteiger charge is 2.32. The molecule has 0 aliphatic heterocycles. The fraction of sp³-hybridized carbons (Fsp3) is 0.467. The van der Waals surface area contributed by atoms with Crippen LogP contribution in [-0.4, -0.2) is 34.6 Å². The topological polar surface area (TPSA) is 69.6 Å². The van der Waals surface area contributed by atoms with E-state index in [0.29, 0.717) is 18.3 Å². The third-order valence-electron chi connectivity index (χ3n) is 3.45. The van der Waals surface area contributed by atoms with Gasteiger partial charge in [-0.15, -0.1) is 0 Å². The Morgan fingerprint density at radius 3 is 2.65 bits per heavy atom. The summed E-state index contributed by atoms with van der Waals surface area (Å²) in [6.45, 7) is 4.52. The number of carbonyl (C=O) groups is 2. The Labute approximate surface area is 118 Å². The summed E-state index contributed by atoms with van der Waals surface area (Å²) in [7, 11) is 0. The minimum Gasteiger partial charge on any atom is -0.478 e. The molecule has 0 heterocycles. The number of carboxylic acid groups (broad SMARTS) is 1. The molecule has 5 nitrogen and oxygen atoms in total. The van der Waals surface area contributed by atoms with Gasteiger partial charge in [-0.1, -0.05) is 19.1 Å². The maximum Gasteiger partial charge on any atom is 0.337 e. The highest BCUT2D eigenvalue weighted by Crippen LogP contribution is 2.28. The Bertz CT molecular complexity index is 524. The van der Waals surface area contributed by atoms with E-state index in [4.69, 9.17) is 0 Å². The number of hydrogen-bond donors (Lipinski definition) is 2. The summed E-state index contributed by atoms with van der Waals surface area (Å²) in [6, 6.07) is 5.09. The van der Waals surface area contributed by atoms with Gasteiger partial charge in [0.15, 0.2) is 0 Å². The summed E-state index contributed by atoms with van der Waals surface area (Å²) in [6.07, 6.45) is 2.96. The van der Waals surface area contributed by atoms with Gasteiger partial charge in [-0.25, -0.2) is 9.59 Å². The van der Waals surface area contributed by atoms with E-state index < -0.39 is 5.97 Å². The maximum atomic E-state index is 12.3. The average molecular weight is 276 g/mol. The van der Waals surface area contributed by atoms with Crippen LogP contribution in [-0.2, 0) is 0 Å². The number of carboxylic acids is 1. The number of anilines is 1. The van der Waals surface area contributed by atoms with Crippen LogP contribution in [0.15, 0.2) is 18.2 Å². The van der Waals surface area contributed by atoms with Gasteiger partial charge in [0, 0.05) is 12.6 Å². The van der Waals surface area contributed by atoms with Gasteiger partial charge in [0.1, 0.15) is 0 Å². The standard InChI is InChI=1S/C15H20N2O3/c1-3-9-17(11-7-8-11)15(20)16-13-10(2)5-4-6-12(13)14(18)19/h4-6,11H,3,7-9H2,1-2H3,(H,16,20)(H,18,19). The van der Waals surface area contributed by atoms with Crippen LogP contribution in [0.4, 0.5) is 10.5 Å². The Morgan fingerprint density at radius 2 is 2.10 bits per heavy atom. The number of carbonyl (C=O) groups excluding carboxylic acids is 1. The third-order valence-corrected chi connectivity index (χ3v) is 3.45. The number of benzene rings is 1. The molecule has 1 aliphatic rings. The van der Waals surface area contributed by atoms with Gasteiger partial charge in [0.25, 0.3) is 0 Å². The molecular formula is C15H20N2O3. The number of urea groups is 1. The van der Waals surface area contributed by atoms with Crippen LogP contribution >= 0.6 is 0 Å². The van der Waals surface area contributed by atoms with E-state index >= 15 is 0 Å². The molecule has 0 unspecified atom stereocenters. The van der Waals surface area contributed by atoms with Gasteiger partial charge in [-0.2, -0.15) is 0 Å². The van der Waals surface area contributed by atoms with Crippen LogP contribution < -0.4 is 5.32 Å². The predicted octanol–water partition coefficient (Wildman–Crippen LogP) is 3.10. The van der Waals surface area contributed by atoms with E-state index in [9.17, 15) is 14.7 Å². The van der Waals surface area contributed by atoms with E-state index in [0.717, 1.165) is 24.8 Å². The molecule has 1 fully saturated rings. The SMILES string of the molecule is CCCN(C(=O)Nc1c(C)cccc1C(=O)O)C1CC1. The molecule has 1 saturated carbocycles. The van der Waals surface area contributed by atoms with Crippen molar-refractivity contribution in [3.63, 3.8) is 0 Å². The number of para-hydroxylation sites is 1. The van der Waals surface area contributed by atoms with Gasteiger partial charge in [0.05, 0.1) is 11.3 Å². The van der Waals surface area contributed by atoms with Gasteiger partial charge in [-0.3, -0.25) is 0 Å². The molecule has 5 heteroatoms. The fourth-order valence-electron chi connectivity index (χ4n) is 2.27. The molecule has 2 amide bonds. The lowest BCUT2D eigenvalue weighted by Crippen LogP contribution is -2.37. The van der Waals surface area contributed by atoms with Crippen molar-refractivity contribution in [1.29, 1.82) is 0 Å². The number of aromatic carboxylic acids is 1.